The molecular weight excluding hydrogens is 498 g/mol. The highest BCUT2D eigenvalue weighted by Crippen LogP contribution is 2.29. The second kappa shape index (κ2) is 11.0. The number of aliphatic carboxylic acids is 1. The molecule has 0 aliphatic carbocycles. The van der Waals surface area contributed by atoms with Crippen LogP contribution in [0, 0.1) is 6.92 Å². The number of para-hydroxylation sites is 1. The minimum atomic E-state index is -1.07. The van der Waals surface area contributed by atoms with E-state index in [4.69, 9.17) is 16.0 Å². The summed E-state index contributed by atoms with van der Waals surface area (Å²) in [6.45, 7) is 1.91. The molecule has 0 radical (unpaired) electrons. The van der Waals surface area contributed by atoms with Crippen LogP contribution in [0.25, 0.3) is 22.3 Å². The lowest BCUT2D eigenvalue weighted by atomic mass is 10.0. The fourth-order valence-electron chi connectivity index (χ4n) is 4.66. The smallest absolute Gasteiger partial charge is 0.326 e. The molecule has 0 saturated carbocycles. The van der Waals surface area contributed by atoms with Crippen LogP contribution in [0.2, 0.25) is 5.02 Å². The molecule has 0 fully saturated rings. The van der Waals surface area contributed by atoms with Gasteiger partial charge in [0.15, 0.2) is 0 Å². The second-order valence-electron chi connectivity index (χ2n) is 9.28. The van der Waals surface area contributed by atoms with Gasteiger partial charge in [0, 0.05) is 34.5 Å². The Labute approximate surface area is 225 Å². The third-order valence-corrected chi connectivity index (χ3v) is 6.84. The van der Waals surface area contributed by atoms with Gasteiger partial charge >= 0.3 is 5.97 Å². The van der Waals surface area contributed by atoms with Crippen molar-refractivity contribution < 1.29 is 19.1 Å². The number of fused-ring (bicyclic) bond motifs is 1. The molecular formula is C32H26ClNO4. The van der Waals surface area contributed by atoms with Crippen LogP contribution in [0.5, 0.6) is 0 Å². The van der Waals surface area contributed by atoms with Gasteiger partial charge in [-0.05, 0) is 60.0 Å². The third kappa shape index (κ3) is 5.48. The van der Waals surface area contributed by atoms with E-state index in [1.165, 1.54) is 4.90 Å². The van der Waals surface area contributed by atoms with Gasteiger partial charge in [-0.25, -0.2) is 4.79 Å². The van der Waals surface area contributed by atoms with Crippen LogP contribution in [0.1, 0.15) is 27.0 Å². The van der Waals surface area contributed by atoms with Gasteiger partial charge in [-0.3, -0.25) is 4.79 Å². The molecule has 0 saturated heterocycles. The van der Waals surface area contributed by atoms with Crippen molar-refractivity contribution in [2.45, 2.75) is 25.9 Å². The Morgan fingerprint density at radius 3 is 2.34 bits per heavy atom. The van der Waals surface area contributed by atoms with E-state index in [9.17, 15) is 14.7 Å². The third-order valence-electron chi connectivity index (χ3n) is 6.60. The van der Waals surface area contributed by atoms with Crippen molar-refractivity contribution in [1.82, 2.24) is 4.90 Å². The van der Waals surface area contributed by atoms with Crippen LogP contribution in [0.15, 0.2) is 108 Å². The number of amides is 1. The summed E-state index contributed by atoms with van der Waals surface area (Å²) in [5, 5.41) is 11.8. The first-order chi connectivity index (χ1) is 18.4. The van der Waals surface area contributed by atoms with E-state index in [1.807, 2.05) is 84.9 Å². The number of carbonyl (C=O) groups is 2. The lowest BCUT2D eigenvalue weighted by molar-refractivity contribution is -0.142. The number of halogens is 1. The molecule has 5 aromatic rings. The number of benzene rings is 4. The molecule has 0 spiro atoms. The predicted octanol–water partition coefficient (Wildman–Crippen LogP) is 7.40. The molecule has 1 heterocycles. The van der Waals surface area contributed by atoms with E-state index in [-0.39, 0.29) is 18.9 Å². The van der Waals surface area contributed by atoms with Gasteiger partial charge in [-0.1, -0.05) is 78.3 Å². The van der Waals surface area contributed by atoms with Crippen molar-refractivity contribution in [3.63, 3.8) is 0 Å². The molecule has 0 aliphatic rings. The molecule has 0 bridgehead atoms. The number of hydrogen-bond acceptors (Lipinski definition) is 3. The maximum absolute atomic E-state index is 13.9. The zero-order chi connectivity index (χ0) is 26.6. The molecule has 5 nitrogen and oxygen atoms in total. The highest BCUT2D eigenvalue weighted by Gasteiger charge is 2.31. The SMILES string of the molecule is Cc1cc(Cl)ccc1C(=O)N(Cc1cccc(-c2cc3ccccc3o2)c1)C(Cc1ccccc1)C(=O)O. The monoisotopic (exact) mass is 523 g/mol. The summed E-state index contributed by atoms with van der Waals surface area (Å²) in [5.41, 5.74) is 4.37. The van der Waals surface area contributed by atoms with Crippen LogP contribution in [-0.2, 0) is 17.8 Å². The number of carbonyl (C=O) groups excluding carboxylic acids is 1. The molecule has 4 aromatic carbocycles. The standard InChI is InChI=1S/C32H26ClNO4/c1-21-16-26(33)14-15-27(21)31(35)34(28(32(36)37)18-22-8-3-2-4-9-22)20-23-10-7-12-24(17-23)30-19-25-11-5-6-13-29(25)38-30/h2-17,19,28H,18,20H2,1H3,(H,36,37). The number of nitrogens with zero attached hydrogens (tertiary/aromatic N) is 1. The average Bonchev–Trinajstić information content (AvgIpc) is 3.35. The molecule has 1 N–H and O–H groups in total. The van der Waals surface area contributed by atoms with E-state index in [2.05, 4.69) is 0 Å². The lowest BCUT2D eigenvalue weighted by Gasteiger charge is -2.30. The fraction of sp³-hybridized carbons (Fsp3) is 0.125. The Kier molecular flexibility index (Phi) is 7.29. The summed E-state index contributed by atoms with van der Waals surface area (Å²) < 4.78 is 6.04. The zero-order valence-corrected chi connectivity index (χ0v) is 21.6. The summed E-state index contributed by atoms with van der Waals surface area (Å²) >= 11 is 6.13. The van der Waals surface area contributed by atoms with Crippen molar-refractivity contribution in [1.29, 1.82) is 0 Å². The van der Waals surface area contributed by atoms with E-state index >= 15 is 0 Å². The average molecular weight is 524 g/mol. The maximum Gasteiger partial charge on any atom is 0.326 e. The van der Waals surface area contributed by atoms with E-state index in [0.717, 1.165) is 27.7 Å². The van der Waals surface area contributed by atoms with E-state index in [0.29, 0.717) is 21.9 Å². The van der Waals surface area contributed by atoms with Gasteiger partial charge in [0.05, 0.1) is 0 Å². The van der Waals surface area contributed by atoms with Crippen molar-refractivity contribution in [2.24, 2.45) is 0 Å². The van der Waals surface area contributed by atoms with Crippen LogP contribution in [-0.4, -0.2) is 27.9 Å². The Hall–Kier alpha value is -4.35. The largest absolute Gasteiger partial charge is 0.480 e. The van der Waals surface area contributed by atoms with Crippen LogP contribution in [0.4, 0.5) is 0 Å². The molecule has 5 rings (SSSR count). The molecule has 1 unspecified atom stereocenters. The summed E-state index contributed by atoms with van der Waals surface area (Å²) in [7, 11) is 0. The molecule has 6 heteroatoms. The quantitative estimate of drug-likeness (QED) is 0.230. The predicted molar refractivity (Wildman–Crippen MR) is 149 cm³/mol. The minimum Gasteiger partial charge on any atom is -0.480 e. The van der Waals surface area contributed by atoms with Crippen LogP contribution in [0.3, 0.4) is 0 Å². The van der Waals surface area contributed by atoms with Gasteiger partial charge in [-0.2, -0.15) is 0 Å². The summed E-state index contributed by atoms with van der Waals surface area (Å²) in [6, 6.07) is 30.7. The van der Waals surface area contributed by atoms with Gasteiger partial charge < -0.3 is 14.4 Å². The Bertz CT molecular complexity index is 1580. The number of carboxylic acid groups (broad SMARTS) is 1. The molecule has 1 amide bonds. The van der Waals surface area contributed by atoms with Crippen molar-refractivity contribution in [3.05, 3.63) is 130 Å². The molecule has 0 aliphatic heterocycles. The minimum absolute atomic E-state index is 0.110. The Morgan fingerprint density at radius 1 is 0.868 bits per heavy atom. The van der Waals surface area contributed by atoms with E-state index in [1.54, 1.807) is 25.1 Å². The van der Waals surface area contributed by atoms with Crippen LogP contribution >= 0.6 is 11.6 Å². The number of rotatable bonds is 8. The topological polar surface area (TPSA) is 70.8 Å². The fourth-order valence-corrected chi connectivity index (χ4v) is 4.88. The van der Waals surface area contributed by atoms with Crippen molar-refractivity contribution in [2.75, 3.05) is 0 Å². The number of carboxylic acids is 1. The van der Waals surface area contributed by atoms with Crippen molar-refractivity contribution >= 4 is 34.4 Å². The highest BCUT2D eigenvalue weighted by molar-refractivity contribution is 6.30. The summed E-state index contributed by atoms with van der Waals surface area (Å²) in [6.07, 6.45) is 0.178. The molecule has 1 aromatic heterocycles. The van der Waals surface area contributed by atoms with Crippen LogP contribution < -0.4 is 0 Å². The van der Waals surface area contributed by atoms with E-state index < -0.39 is 12.0 Å². The Morgan fingerprint density at radius 2 is 1.61 bits per heavy atom. The first-order valence-electron chi connectivity index (χ1n) is 12.3. The highest BCUT2D eigenvalue weighted by atomic mass is 35.5. The number of furan rings is 1. The van der Waals surface area contributed by atoms with Crippen molar-refractivity contribution in [3.8, 4) is 11.3 Å². The Balaban J connectivity index is 1.53. The second-order valence-corrected chi connectivity index (χ2v) is 9.72. The zero-order valence-electron chi connectivity index (χ0n) is 20.8. The first-order valence-corrected chi connectivity index (χ1v) is 12.7. The van der Waals surface area contributed by atoms with Gasteiger partial charge in [-0.15, -0.1) is 0 Å². The van der Waals surface area contributed by atoms with Gasteiger partial charge in [0.2, 0.25) is 0 Å². The first kappa shape index (κ1) is 25.3. The van der Waals surface area contributed by atoms with Gasteiger partial charge in [0.25, 0.3) is 5.91 Å². The summed E-state index contributed by atoms with van der Waals surface area (Å²) in [5.74, 6) is -0.725. The molecule has 1 atom stereocenters. The molecule has 190 valence electrons. The van der Waals surface area contributed by atoms with Gasteiger partial charge in [0.1, 0.15) is 17.4 Å². The maximum atomic E-state index is 13.9. The number of aryl methyl sites for hydroxylation is 1. The normalized spacial score (nSPS) is 11.8. The lowest BCUT2D eigenvalue weighted by Crippen LogP contribution is -2.46. The number of hydrogen-bond donors (Lipinski definition) is 1. The molecule has 38 heavy (non-hydrogen) atoms. The summed E-state index contributed by atoms with van der Waals surface area (Å²) in [4.78, 5) is 27.9.